The predicted octanol–water partition coefficient (Wildman–Crippen LogP) is 6.25. The lowest BCUT2D eigenvalue weighted by atomic mass is 9.71. The van der Waals surface area contributed by atoms with E-state index >= 15 is 0 Å². The fourth-order valence-electron chi connectivity index (χ4n) is 5.00. The molecule has 1 aliphatic rings. The first kappa shape index (κ1) is 29.0. The standard InChI is InChI=1S/C27H31F4N7O2/c1-26(2,3)18-11-13-19(14-12-18)38(25(40)32-21-6-4-5-20(22(21)28)27(29,30)31)15-16-7-9-17(10-8-16)23(39)33-24-34-36-37-35-24/h4-10,18-19H,11-15H2,1-3H3,(H,32,40)(H2,33,34,35,36,37,39). The molecule has 9 nitrogen and oxygen atoms in total. The quantitative estimate of drug-likeness (QED) is 0.308. The number of nitrogens with zero attached hydrogens (tertiary/aromatic N) is 4. The third kappa shape index (κ3) is 6.93. The topological polar surface area (TPSA) is 116 Å². The fourth-order valence-corrected chi connectivity index (χ4v) is 5.00. The molecule has 0 aliphatic heterocycles. The molecule has 1 heterocycles. The number of hydrogen-bond acceptors (Lipinski definition) is 5. The molecule has 1 saturated carbocycles. The second-order valence-corrected chi connectivity index (χ2v) is 11.0. The second kappa shape index (κ2) is 11.6. The minimum absolute atomic E-state index is 0.0182. The van der Waals surface area contributed by atoms with Crippen LogP contribution in [0.2, 0.25) is 0 Å². The van der Waals surface area contributed by atoms with E-state index in [4.69, 9.17) is 0 Å². The number of H-pyrrole nitrogens is 1. The molecule has 0 spiro atoms. The zero-order valence-electron chi connectivity index (χ0n) is 22.3. The Labute approximate surface area is 228 Å². The third-order valence-corrected chi connectivity index (χ3v) is 7.31. The van der Waals surface area contributed by atoms with E-state index in [0.29, 0.717) is 36.0 Å². The maximum atomic E-state index is 14.7. The molecule has 3 aromatic rings. The molecule has 1 aliphatic carbocycles. The summed E-state index contributed by atoms with van der Waals surface area (Å²) in [5.74, 6) is -1.50. The number of hydrogen-bond donors (Lipinski definition) is 3. The molecule has 0 atom stereocenters. The van der Waals surface area contributed by atoms with Crippen LogP contribution in [0.3, 0.4) is 0 Å². The number of rotatable bonds is 6. The van der Waals surface area contributed by atoms with Crippen LogP contribution in [0.15, 0.2) is 42.5 Å². The van der Waals surface area contributed by atoms with Gasteiger partial charge in [-0.1, -0.05) is 44.1 Å². The van der Waals surface area contributed by atoms with Crippen LogP contribution >= 0.6 is 0 Å². The summed E-state index contributed by atoms with van der Waals surface area (Å²) in [6, 6.07) is 8.40. The molecule has 3 amide bonds. The number of carbonyl (C=O) groups excluding carboxylic acids is 2. The molecule has 13 heteroatoms. The molecule has 214 valence electrons. The third-order valence-electron chi connectivity index (χ3n) is 7.31. The smallest absolute Gasteiger partial charge is 0.317 e. The van der Waals surface area contributed by atoms with E-state index < -0.39 is 35.2 Å². The molecular weight excluding hydrogens is 530 g/mol. The lowest BCUT2D eigenvalue weighted by Gasteiger charge is -2.41. The average molecular weight is 562 g/mol. The number of aromatic amines is 1. The molecule has 4 rings (SSSR count). The number of nitrogens with one attached hydrogen (secondary N) is 3. The van der Waals surface area contributed by atoms with Gasteiger partial charge in [0.25, 0.3) is 11.9 Å². The van der Waals surface area contributed by atoms with Gasteiger partial charge >= 0.3 is 12.2 Å². The van der Waals surface area contributed by atoms with Crippen molar-refractivity contribution in [3.63, 3.8) is 0 Å². The van der Waals surface area contributed by atoms with Crippen LogP contribution in [0.4, 0.5) is 34.0 Å². The highest BCUT2D eigenvalue weighted by Gasteiger charge is 2.36. The first-order valence-electron chi connectivity index (χ1n) is 12.9. The first-order chi connectivity index (χ1) is 18.8. The molecule has 1 fully saturated rings. The zero-order valence-corrected chi connectivity index (χ0v) is 22.3. The van der Waals surface area contributed by atoms with E-state index in [9.17, 15) is 27.2 Å². The Hall–Kier alpha value is -4.03. The van der Waals surface area contributed by atoms with Crippen molar-refractivity contribution in [3.05, 3.63) is 65.0 Å². The van der Waals surface area contributed by atoms with Crippen LogP contribution < -0.4 is 10.6 Å². The van der Waals surface area contributed by atoms with Crippen molar-refractivity contribution in [1.29, 1.82) is 0 Å². The van der Waals surface area contributed by atoms with Crippen LogP contribution in [0.1, 0.15) is 67.9 Å². The fraction of sp³-hybridized carbons (Fsp3) is 0.444. The highest BCUT2D eigenvalue weighted by Crippen LogP contribution is 2.40. The highest BCUT2D eigenvalue weighted by atomic mass is 19.4. The monoisotopic (exact) mass is 561 g/mol. The van der Waals surface area contributed by atoms with Gasteiger partial charge < -0.3 is 10.2 Å². The van der Waals surface area contributed by atoms with Gasteiger partial charge in [-0.15, -0.1) is 5.10 Å². The average Bonchev–Trinajstić information content (AvgIpc) is 3.40. The van der Waals surface area contributed by atoms with Crippen LogP contribution in [0.25, 0.3) is 0 Å². The van der Waals surface area contributed by atoms with Gasteiger partial charge in [-0.25, -0.2) is 9.18 Å². The summed E-state index contributed by atoms with van der Waals surface area (Å²) in [6.07, 6.45) is -1.74. The summed E-state index contributed by atoms with van der Waals surface area (Å²) in [4.78, 5) is 27.4. The van der Waals surface area contributed by atoms with Crippen molar-refractivity contribution in [3.8, 4) is 0 Å². The van der Waals surface area contributed by atoms with Crippen LogP contribution in [-0.4, -0.2) is 43.5 Å². The van der Waals surface area contributed by atoms with Gasteiger partial charge in [0.05, 0.1) is 11.3 Å². The van der Waals surface area contributed by atoms with E-state index in [1.54, 1.807) is 24.3 Å². The van der Waals surface area contributed by atoms with Crippen molar-refractivity contribution < 1.29 is 27.2 Å². The maximum Gasteiger partial charge on any atom is 0.419 e. The van der Waals surface area contributed by atoms with Gasteiger partial charge in [-0.3, -0.25) is 10.1 Å². The van der Waals surface area contributed by atoms with Gasteiger partial charge in [0.15, 0.2) is 5.82 Å². The summed E-state index contributed by atoms with van der Waals surface area (Å²) >= 11 is 0. The molecule has 0 saturated heterocycles. The van der Waals surface area contributed by atoms with E-state index in [2.05, 4.69) is 52.0 Å². The molecule has 0 unspecified atom stereocenters. The Kier molecular flexibility index (Phi) is 8.40. The number of urea groups is 1. The summed E-state index contributed by atoms with van der Waals surface area (Å²) in [6.45, 7) is 6.64. The van der Waals surface area contributed by atoms with Gasteiger partial charge in [0.2, 0.25) is 0 Å². The first-order valence-corrected chi connectivity index (χ1v) is 12.9. The van der Waals surface area contributed by atoms with Crippen molar-refractivity contribution in [2.45, 2.75) is 65.2 Å². The zero-order chi connectivity index (χ0) is 29.1. The Morgan fingerprint density at radius 3 is 2.25 bits per heavy atom. The number of anilines is 2. The van der Waals surface area contributed by atoms with E-state index in [0.717, 1.165) is 25.0 Å². The van der Waals surface area contributed by atoms with Crippen molar-refractivity contribution in [1.82, 2.24) is 25.5 Å². The molecule has 3 N–H and O–H groups in total. The number of alkyl halides is 3. The molecule has 1 aromatic heterocycles. The van der Waals surface area contributed by atoms with Gasteiger partial charge in [0, 0.05) is 18.2 Å². The van der Waals surface area contributed by atoms with Crippen LogP contribution in [0, 0.1) is 17.2 Å². The van der Waals surface area contributed by atoms with Gasteiger partial charge in [0.1, 0.15) is 0 Å². The van der Waals surface area contributed by atoms with Crippen LogP contribution in [0.5, 0.6) is 0 Å². The summed E-state index contributed by atoms with van der Waals surface area (Å²) in [7, 11) is 0. The molecular formula is C27H31F4N7O2. The second-order valence-electron chi connectivity index (χ2n) is 11.0. The number of aromatic nitrogens is 4. The lowest BCUT2D eigenvalue weighted by molar-refractivity contribution is -0.139. The van der Waals surface area contributed by atoms with Crippen LogP contribution in [-0.2, 0) is 12.7 Å². The Morgan fingerprint density at radius 1 is 1.00 bits per heavy atom. The number of tetrazole rings is 1. The number of halogens is 4. The number of benzene rings is 2. The van der Waals surface area contributed by atoms with Gasteiger partial charge in [-0.05, 0) is 72.1 Å². The van der Waals surface area contributed by atoms with Gasteiger partial charge in [-0.2, -0.15) is 18.4 Å². The molecule has 0 bridgehead atoms. The summed E-state index contributed by atoms with van der Waals surface area (Å²) in [5, 5.41) is 17.8. The Balaban J connectivity index is 1.53. The molecule has 40 heavy (non-hydrogen) atoms. The predicted molar refractivity (Wildman–Crippen MR) is 140 cm³/mol. The number of amides is 3. The lowest BCUT2D eigenvalue weighted by Crippen LogP contribution is -2.45. The number of carbonyl (C=O) groups is 2. The SMILES string of the molecule is CC(C)(C)C1CCC(N(Cc2ccc(C(=O)Nc3nn[nH]n3)cc2)C(=O)Nc2cccc(C(F)(F)F)c2F)CC1. The molecule has 0 radical (unpaired) electrons. The summed E-state index contributed by atoms with van der Waals surface area (Å²) < 4.78 is 54.4. The van der Waals surface area contributed by atoms with E-state index in [1.807, 2.05) is 0 Å². The van der Waals surface area contributed by atoms with E-state index in [-0.39, 0.29) is 23.9 Å². The Morgan fingerprint density at radius 2 is 1.68 bits per heavy atom. The minimum Gasteiger partial charge on any atom is -0.317 e. The maximum absolute atomic E-state index is 14.7. The van der Waals surface area contributed by atoms with E-state index in [1.165, 1.54) is 4.90 Å². The van der Waals surface area contributed by atoms with Crippen molar-refractivity contribution >= 4 is 23.6 Å². The molecule has 2 aromatic carbocycles. The van der Waals surface area contributed by atoms with Crippen molar-refractivity contribution in [2.75, 3.05) is 10.6 Å². The summed E-state index contributed by atoms with van der Waals surface area (Å²) in [5.41, 5.74) is -0.870. The minimum atomic E-state index is -4.90. The Bertz CT molecular complexity index is 1310. The largest absolute Gasteiger partial charge is 0.419 e. The van der Waals surface area contributed by atoms with Crippen molar-refractivity contribution in [2.24, 2.45) is 11.3 Å². The highest BCUT2D eigenvalue weighted by molar-refractivity contribution is 6.03. The normalized spacial score (nSPS) is 17.8.